The van der Waals surface area contributed by atoms with Crippen LogP contribution in [0.25, 0.3) is 6.08 Å². The lowest BCUT2D eigenvalue weighted by Crippen LogP contribution is -2.27. The molecule has 150 valence electrons. The van der Waals surface area contributed by atoms with Gasteiger partial charge in [-0.05, 0) is 43.0 Å². The molecule has 28 heavy (non-hydrogen) atoms. The molecule has 9 heteroatoms. The summed E-state index contributed by atoms with van der Waals surface area (Å²) in [6.45, 7) is 7.17. The number of nitrogens with two attached hydrogens (primary N) is 1. The lowest BCUT2D eigenvalue weighted by molar-refractivity contribution is -0.114. The van der Waals surface area contributed by atoms with Crippen molar-refractivity contribution in [2.75, 3.05) is 11.4 Å². The number of primary sulfonamides is 1. The fourth-order valence-electron chi connectivity index (χ4n) is 3.23. The molecule has 0 aliphatic carbocycles. The Hall–Kier alpha value is -2.16. The third-order valence-electron chi connectivity index (χ3n) is 4.59. The number of aromatic nitrogens is 2. The molecule has 0 fully saturated rings. The molecule has 3 rings (SSSR count). The molecule has 1 aromatic carbocycles. The summed E-state index contributed by atoms with van der Waals surface area (Å²) in [7, 11) is -3.83. The fourth-order valence-corrected chi connectivity index (χ4v) is 4.07. The minimum Gasteiger partial charge on any atom is -0.308 e. The average molecular weight is 423 g/mol. The van der Waals surface area contributed by atoms with Crippen LogP contribution in [0.3, 0.4) is 0 Å². The summed E-state index contributed by atoms with van der Waals surface area (Å²) < 4.78 is 25.0. The molecule has 1 aliphatic rings. The number of carbonyl (C=O) groups is 1. The molecule has 1 aromatic heterocycles. The number of hydrogen-bond donors (Lipinski definition) is 1. The fraction of sp³-hybridized carbons (Fsp3) is 0.368. The summed E-state index contributed by atoms with van der Waals surface area (Å²) in [5.41, 5.74) is 2.93. The van der Waals surface area contributed by atoms with Crippen molar-refractivity contribution in [2.24, 2.45) is 11.1 Å². The minimum atomic E-state index is -3.83. The standard InChI is InChI=1S/C19H23ClN4O3S/c1-12(2)11-24-19(20)16(13(3)22-24)6-7-18(25)23-9-8-14-4-5-15(10-17(14)23)28(21,26)27/h4-7,10,12H,8-9,11H2,1-3H3,(H2,21,26,27). The molecule has 2 heterocycles. The van der Waals surface area contributed by atoms with Crippen molar-refractivity contribution in [1.29, 1.82) is 0 Å². The first-order valence-electron chi connectivity index (χ1n) is 8.96. The molecule has 0 spiro atoms. The van der Waals surface area contributed by atoms with Crippen molar-refractivity contribution in [2.45, 2.75) is 38.6 Å². The molecule has 2 aromatic rings. The Balaban J connectivity index is 1.85. The highest BCUT2D eigenvalue weighted by Crippen LogP contribution is 2.31. The van der Waals surface area contributed by atoms with Gasteiger partial charge in [0.1, 0.15) is 5.15 Å². The van der Waals surface area contributed by atoms with Gasteiger partial charge in [-0.1, -0.05) is 31.5 Å². The van der Waals surface area contributed by atoms with Crippen LogP contribution in [0.1, 0.15) is 30.7 Å². The van der Waals surface area contributed by atoms with Crippen LogP contribution >= 0.6 is 11.6 Å². The summed E-state index contributed by atoms with van der Waals surface area (Å²) >= 11 is 6.41. The first kappa shape index (κ1) is 20.6. The zero-order valence-electron chi connectivity index (χ0n) is 16.0. The molecule has 0 unspecified atom stereocenters. The highest BCUT2D eigenvalue weighted by molar-refractivity contribution is 7.89. The number of halogens is 1. The largest absolute Gasteiger partial charge is 0.308 e. The Kier molecular flexibility index (Phi) is 5.65. The van der Waals surface area contributed by atoms with Gasteiger partial charge in [0.05, 0.1) is 10.6 Å². The second kappa shape index (κ2) is 7.69. The van der Waals surface area contributed by atoms with Crippen LogP contribution in [0.4, 0.5) is 5.69 Å². The average Bonchev–Trinajstić information content (AvgIpc) is 3.13. The van der Waals surface area contributed by atoms with Crippen molar-refractivity contribution >= 4 is 39.3 Å². The third-order valence-corrected chi connectivity index (χ3v) is 5.90. The summed E-state index contributed by atoms with van der Waals surface area (Å²) in [5.74, 6) is 0.141. The highest BCUT2D eigenvalue weighted by atomic mass is 35.5. The summed E-state index contributed by atoms with van der Waals surface area (Å²) in [6.07, 6.45) is 3.76. The Labute approximate surface area is 169 Å². The third kappa shape index (κ3) is 4.14. The maximum absolute atomic E-state index is 12.7. The van der Waals surface area contributed by atoms with Crippen LogP contribution < -0.4 is 10.0 Å². The lowest BCUT2D eigenvalue weighted by Gasteiger charge is -2.15. The van der Waals surface area contributed by atoms with Gasteiger partial charge in [-0.3, -0.25) is 9.48 Å². The number of aryl methyl sites for hydroxylation is 1. The van der Waals surface area contributed by atoms with Crippen LogP contribution in [-0.2, 0) is 27.8 Å². The van der Waals surface area contributed by atoms with E-state index in [0.29, 0.717) is 41.8 Å². The normalized spacial score (nSPS) is 14.3. The van der Waals surface area contributed by atoms with E-state index in [1.807, 2.05) is 6.92 Å². The van der Waals surface area contributed by atoms with Crippen molar-refractivity contribution in [3.63, 3.8) is 0 Å². The smallest absolute Gasteiger partial charge is 0.251 e. The predicted octanol–water partition coefficient (Wildman–Crippen LogP) is 2.75. The quantitative estimate of drug-likeness (QED) is 0.749. The van der Waals surface area contributed by atoms with Gasteiger partial charge in [-0.25, -0.2) is 13.6 Å². The zero-order valence-corrected chi connectivity index (χ0v) is 17.6. The number of amides is 1. The Morgan fingerprint density at radius 3 is 2.75 bits per heavy atom. The van der Waals surface area contributed by atoms with E-state index in [1.165, 1.54) is 18.2 Å². The molecule has 1 aliphatic heterocycles. The van der Waals surface area contributed by atoms with Gasteiger partial charge < -0.3 is 4.90 Å². The molecule has 0 atom stereocenters. The van der Waals surface area contributed by atoms with E-state index in [1.54, 1.807) is 21.7 Å². The number of anilines is 1. The van der Waals surface area contributed by atoms with E-state index in [4.69, 9.17) is 16.7 Å². The molecule has 7 nitrogen and oxygen atoms in total. The van der Waals surface area contributed by atoms with Crippen LogP contribution in [0, 0.1) is 12.8 Å². The van der Waals surface area contributed by atoms with Crippen LogP contribution in [0.2, 0.25) is 5.15 Å². The van der Waals surface area contributed by atoms with E-state index in [9.17, 15) is 13.2 Å². The van der Waals surface area contributed by atoms with Gasteiger partial charge >= 0.3 is 0 Å². The van der Waals surface area contributed by atoms with Gasteiger partial charge in [-0.2, -0.15) is 5.10 Å². The number of rotatable bonds is 5. The van der Waals surface area contributed by atoms with Crippen molar-refractivity contribution in [3.05, 3.63) is 46.2 Å². The van der Waals surface area contributed by atoms with E-state index in [2.05, 4.69) is 18.9 Å². The SMILES string of the molecule is Cc1nn(CC(C)C)c(Cl)c1C=CC(=O)N1CCc2ccc(S(N)(=O)=O)cc21. The maximum Gasteiger partial charge on any atom is 0.251 e. The topological polar surface area (TPSA) is 98.3 Å². The van der Waals surface area contributed by atoms with E-state index in [-0.39, 0.29) is 10.8 Å². The van der Waals surface area contributed by atoms with Crippen molar-refractivity contribution in [1.82, 2.24) is 9.78 Å². The second-order valence-corrected chi connectivity index (χ2v) is 9.19. The lowest BCUT2D eigenvalue weighted by atomic mass is 10.2. The van der Waals surface area contributed by atoms with Gasteiger partial charge in [0.15, 0.2) is 0 Å². The number of benzene rings is 1. The minimum absolute atomic E-state index is 0.0104. The van der Waals surface area contributed by atoms with E-state index >= 15 is 0 Å². The molecule has 2 N–H and O–H groups in total. The van der Waals surface area contributed by atoms with Gasteiger partial charge in [0.2, 0.25) is 10.0 Å². The van der Waals surface area contributed by atoms with Crippen LogP contribution in [0.15, 0.2) is 29.2 Å². The highest BCUT2D eigenvalue weighted by Gasteiger charge is 2.25. The first-order chi connectivity index (χ1) is 13.1. The maximum atomic E-state index is 12.7. The predicted molar refractivity (Wildman–Crippen MR) is 110 cm³/mol. The number of fused-ring (bicyclic) bond motifs is 1. The Morgan fingerprint density at radius 2 is 2.11 bits per heavy atom. The molecular formula is C19H23ClN4O3S. The van der Waals surface area contributed by atoms with E-state index < -0.39 is 10.0 Å². The van der Waals surface area contributed by atoms with Gasteiger partial charge in [0.25, 0.3) is 5.91 Å². The summed E-state index contributed by atoms with van der Waals surface area (Å²) in [6, 6.07) is 4.61. The summed E-state index contributed by atoms with van der Waals surface area (Å²) in [5, 5.41) is 10.1. The van der Waals surface area contributed by atoms with Crippen molar-refractivity contribution < 1.29 is 13.2 Å². The molecule has 0 bridgehead atoms. The molecule has 0 radical (unpaired) electrons. The monoisotopic (exact) mass is 422 g/mol. The van der Waals surface area contributed by atoms with E-state index in [0.717, 1.165) is 11.3 Å². The molecular weight excluding hydrogens is 400 g/mol. The molecule has 1 amide bonds. The van der Waals surface area contributed by atoms with Crippen LogP contribution in [-0.4, -0.2) is 30.7 Å². The van der Waals surface area contributed by atoms with Crippen molar-refractivity contribution in [3.8, 4) is 0 Å². The zero-order chi connectivity index (χ0) is 20.6. The number of nitrogens with zero attached hydrogens (tertiary/aromatic N) is 3. The first-order valence-corrected chi connectivity index (χ1v) is 10.9. The number of sulfonamides is 1. The Morgan fingerprint density at radius 1 is 1.39 bits per heavy atom. The second-order valence-electron chi connectivity index (χ2n) is 7.27. The van der Waals surface area contributed by atoms with Gasteiger partial charge in [-0.15, -0.1) is 0 Å². The molecule has 0 saturated heterocycles. The Bertz CT molecular complexity index is 1060. The van der Waals surface area contributed by atoms with Crippen LogP contribution in [0.5, 0.6) is 0 Å². The number of carbonyl (C=O) groups excluding carboxylic acids is 1. The summed E-state index contributed by atoms with van der Waals surface area (Å²) in [4.78, 5) is 14.3. The van der Waals surface area contributed by atoms with Gasteiger partial charge in [0, 0.05) is 30.4 Å². The molecule has 0 saturated carbocycles. The number of hydrogen-bond acceptors (Lipinski definition) is 4.